The Kier molecular flexibility index (Phi) is 4.40. The predicted octanol–water partition coefficient (Wildman–Crippen LogP) is 4.32. The van der Waals surface area contributed by atoms with Gasteiger partial charge in [0.15, 0.2) is 5.76 Å². The molecule has 0 aliphatic heterocycles. The first kappa shape index (κ1) is 18.2. The summed E-state index contributed by atoms with van der Waals surface area (Å²) in [5, 5.41) is 12.6. The number of aromatic hydroxyl groups is 1. The molecule has 1 aliphatic rings. The zero-order chi connectivity index (χ0) is 19.9. The van der Waals surface area contributed by atoms with Crippen molar-refractivity contribution in [1.29, 1.82) is 0 Å². The highest BCUT2D eigenvalue weighted by molar-refractivity contribution is 5.57. The van der Waals surface area contributed by atoms with Gasteiger partial charge >= 0.3 is 6.18 Å². The number of alkyl halides is 3. The quantitative estimate of drug-likeness (QED) is 0.663. The third-order valence-electron chi connectivity index (χ3n) is 4.48. The zero-order valence-electron chi connectivity index (χ0n) is 14.2. The molecule has 1 fully saturated rings. The van der Waals surface area contributed by atoms with Crippen molar-refractivity contribution in [2.45, 2.75) is 31.0 Å². The van der Waals surface area contributed by atoms with E-state index in [1.165, 1.54) is 12.3 Å². The lowest BCUT2D eigenvalue weighted by Crippen LogP contribution is -2.33. The van der Waals surface area contributed by atoms with Gasteiger partial charge < -0.3 is 14.4 Å². The van der Waals surface area contributed by atoms with E-state index in [0.29, 0.717) is 42.3 Å². The maximum Gasteiger partial charge on any atom is 0.417 e. The lowest BCUT2D eigenvalue weighted by atomic mass is 9.79. The third-order valence-corrected chi connectivity index (χ3v) is 4.48. The van der Waals surface area contributed by atoms with E-state index in [2.05, 4.69) is 15.1 Å². The lowest BCUT2D eigenvalue weighted by molar-refractivity contribution is -0.138. The Hall–Kier alpha value is -3.17. The Morgan fingerprint density at radius 1 is 1.11 bits per heavy atom. The minimum atomic E-state index is -4.63. The van der Waals surface area contributed by atoms with Crippen LogP contribution in [-0.2, 0) is 6.18 Å². The Morgan fingerprint density at radius 2 is 1.89 bits per heavy atom. The van der Waals surface area contributed by atoms with Crippen LogP contribution < -0.4 is 4.74 Å². The highest BCUT2D eigenvalue weighted by Gasteiger charge is 2.37. The fourth-order valence-electron chi connectivity index (χ4n) is 2.96. The van der Waals surface area contributed by atoms with Crippen LogP contribution in [0, 0.1) is 5.82 Å². The molecule has 0 saturated heterocycles. The van der Waals surface area contributed by atoms with Gasteiger partial charge in [0.25, 0.3) is 5.88 Å². The van der Waals surface area contributed by atoms with Gasteiger partial charge in [-0.25, -0.2) is 9.37 Å². The summed E-state index contributed by atoms with van der Waals surface area (Å²) >= 11 is 0. The van der Waals surface area contributed by atoms with Crippen LogP contribution in [-0.4, -0.2) is 26.3 Å². The van der Waals surface area contributed by atoms with E-state index in [1.807, 2.05) is 0 Å². The largest absolute Gasteiger partial charge is 0.491 e. The second kappa shape index (κ2) is 6.77. The van der Waals surface area contributed by atoms with Crippen LogP contribution in [0.4, 0.5) is 17.6 Å². The highest BCUT2D eigenvalue weighted by Crippen LogP contribution is 2.40. The lowest BCUT2D eigenvalue weighted by Gasteiger charge is -2.34. The smallest absolute Gasteiger partial charge is 0.417 e. The van der Waals surface area contributed by atoms with Gasteiger partial charge in [0.2, 0.25) is 5.88 Å². The molecule has 28 heavy (non-hydrogen) atoms. The summed E-state index contributed by atoms with van der Waals surface area (Å²) in [5.74, 6) is -0.805. The van der Waals surface area contributed by atoms with Gasteiger partial charge in [-0.15, -0.1) is 0 Å². The minimum Gasteiger partial charge on any atom is -0.491 e. The number of nitrogens with zero attached hydrogens (tertiary/aromatic N) is 3. The number of pyridine rings is 2. The molecule has 3 aromatic rings. The molecular weight excluding hydrogens is 382 g/mol. The molecule has 0 unspecified atom stereocenters. The van der Waals surface area contributed by atoms with Gasteiger partial charge in [-0.05, 0) is 30.1 Å². The molecule has 1 saturated carbocycles. The summed E-state index contributed by atoms with van der Waals surface area (Å²) in [6.07, 6.45) is -1.87. The molecule has 3 heterocycles. The van der Waals surface area contributed by atoms with Gasteiger partial charge in [-0.1, -0.05) is 0 Å². The molecule has 0 radical (unpaired) electrons. The monoisotopic (exact) mass is 395 g/mol. The summed E-state index contributed by atoms with van der Waals surface area (Å²) in [4.78, 5) is 7.79. The molecule has 4 rings (SSSR count). The van der Waals surface area contributed by atoms with Gasteiger partial charge in [0, 0.05) is 36.0 Å². The maximum absolute atomic E-state index is 14.0. The van der Waals surface area contributed by atoms with E-state index in [1.54, 1.807) is 12.1 Å². The predicted molar refractivity (Wildman–Crippen MR) is 87.0 cm³/mol. The molecular formula is C18H13F4N3O3. The second-order valence-electron chi connectivity index (χ2n) is 6.43. The number of halogens is 4. The fourth-order valence-corrected chi connectivity index (χ4v) is 2.96. The minimum absolute atomic E-state index is 0.0151. The molecule has 1 aliphatic carbocycles. The molecule has 146 valence electrons. The fraction of sp³-hybridized carbons (Fsp3) is 0.278. The van der Waals surface area contributed by atoms with Crippen LogP contribution in [0.25, 0.3) is 11.3 Å². The van der Waals surface area contributed by atoms with Gasteiger partial charge in [-0.3, -0.25) is 4.98 Å². The molecule has 0 bridgehead atoms. The number of hydrogen-bond acceptors (Lipinski definition) is 6. The van der Waals surface area contributed by atoms with Crippen LogP contribution >= 0.6 is 0 Å². The summed E-state index contributed by atoms with van der Waals surface area (Å²) in [6.45, 7) is 0. The highest BCUT2D eigenvalue weighted by atomic mass is 19.4. The molecule has 0 amide bonds. The van der Waals surface area contributed by atoms with E-state index in [-0.39, 0.29) is 23.6 Å². The van der Waals surface area contributed by atoms with E-state index < -0.39 is 17.6 Å². The topological polar surface area (TPSA) is 81.3 Å². The second-order valence-corrected chi connectivity index (χ2v) is 6.43. The normalized spacial score (nSPS) is 19.3. The zero-order valence-corrected chi connectivity index (χ0v) is 14.2. The first-order valence-corrected chi connectivity index (χ1v) is 8.31. The molecule has 3 aromatic heterocycles. The number of hydrogen-bond donors (Lipinski definition) is 1. The van der Waals surface area contributed by atoms with Crippen molar-refractivity contribution in [3.63, 3.8) is 0 Å². The van der Waals surface area contributed by atoms with E-state index in [0.717, 1.165) is 0 Å². The van der Waals surface area contributed by atoms with Crippen LogP contribution in [0.3, 0.4) is 0 Å². The van der Waals surface area contributed by atoms with Crippen molar-refractivity contribution in [2.24, 2.45) is 0 Å². The number of ether oxygens (including phenoxy) is 1. The Labute approximate surface area is 155 Å². The van der Waals surface area contributed by atoms with Crippen molar-refractivity contribution < 1.29 is 31.9 Å². The summed E-state index contributed by atoms with van der Waals surface area (Å²) < 4.78 is 62.3. The molecule has 0 spiro atoms. The summed E-state index contributed by atoms with van der Waals surface area (Å²) in [6, 6.07) is 5.10. The Bertz CT molecular complexity index is 982. The standard InChI is InChI=1S/C18H13F4N3O3/c19-13-5-11(18(20,21)22)8-24-17(13)10-3-12(4-10)27-16-2-1-9(7-23-16)14-6-15(26)25-28-14/h1-2,5-8,10,12H,3-4H2,(H,25,26). The van der Waals surface area contributed by atoms with E-state index in [4.69, 9.17) is 9.26 Å². The van der Waals surface area contributed by atoms with E-state index in [9.17, 15) is 22.7 Å². The SMILES string of the molecule is Oc1cc(-c2ccc(OC3CC(c4ncc(C(F)(F)F)cc4F)C3)nc2)on1. The van der Waals surface area contributed by atoms with Gasteiger partial charge in [-0.2, -0.15) is 13.2 Å². The van der Waals surface area contributed by atoms with Crippen LogP contribution in [0.2, 0.25) is 0 Å². The summed E-state index contributed by atoms with van der Waals surface area (Å²) in [7, 11) is 0. The first-order chi connectivity index (χ1) is 13.3. The molecule has 0 atom stereocenters. The Morgan fingerprint density at radius 3 is 2.46 bits per heavy atom. The van der Waals surface area contributed by atoms with Crippen molar-refractivity contribution in [2.75, 3.05) is 0 Å². The molecule has 1 N–H and O–H groups in total. The molecule has 6 nitrogen and oxygen atoms in total. The average Bonchev–Trinajstić information content (AvgIpc) is 3.04. The van der Waals surface area contributed by atoms with Crippen molar-refractivity contribution >= 4 is 0 Å². The third kappa shape index (κ3) is 3.62. The first-order valence-electron chi connectivity index (χ1n) is 8.31. The van der Waals surface area contributed by atoms with Crippen molar-refractivity contribution in [3.05, 3.63) is 53.7 Å². The van der Waals surface area contributed by atoms with Gasteiger partial charge in [0.05, 0.1) is 11.3 Å². The van der Waals surface area contributed by atoms with Crippen LogP contribution in [0.15, 0.2) is 41.2 Å². The average molecular weight is 395 g/mol. The van der Waals surface area contributed by atoms with Crippen LogP contribution in [0.5, 0.6) is 11.8 Å². The van der Waals surface area contributed by atoms with Crippen LogP contribution in [0.1, 0.15) is 30.0 Å². The van der Waals surface area contributed by atoms with Crippen molar-refractivity contribution in [1.82, 2.24) is 15.1 Å². The molecule has 0 aromatic carbocycles. The van der Waals surface area contributed by atoms with E-state index >= 15 is 0 Å². The Balaban J connectivity index is 1.36. The number of rotatable bonds is 4. The summed E-state index contributed by atoms with van der Waals surface area (Å²) in [5.41, 5.74) is -0.491. The maximum atomic E-state index is 14.0. The number of aromatic nitrogens is 3. The van der Waals surface area contributed by atoms with Gasteiger partial charge in [0.1, 0.15) is 11.9 Å². The van der Waals surface area contributed by atoms with Crippen molar-refractivity contribution in [3.8, 4) is 23.1 Å². The molecule has 10 heteroatoms.